The molecule has 0 N–H and O–H groups in total. The molecule has 0 aliphatic carbocycles. The zero-order valence-electron chi connectivity index (χ0n) is 15.4. The molecule has 0 aliphatic rings. The molecule has 3 rings (SSSR count). The van der Waals surface area contributed by atoms with E-state index in [4.69, 9.17) is 4.74 Å². The third-order valence-electron chi connectivity index (χ3n) is 4.43. The molecule has 3 aromatic rings. The van der Waals surface area contributed by atoms with Crippen LogP contribution in [0.5, 0.6) is 5.75 Å². The Balaban J connectivity index is 1.95. The van der Waals surface area contributed by atoms with Gasteiger partial charge in [0.15, 0.2) is 0 Å². The Bertz CT molecular complexity index is 1120. The maximum absolute atomic E-state index is 13.8. The highest BCUT2D eigenvalue weighted by Crippen LogP contribution is 2.26. The van der Waals surface area contributed by atoms with Crippen LogP contribution in [0.1, 0.15) is 22.4 Å². The Labute approximate surface area is 170 Å². The molecule has 0 fully saturated rings. The van der Waals surface area contributed by atoms with Crippen molar-refractivity contribution in [3.8, 4) is 11.4 Å². The molecule has 0 saturated carbocycles. The van der Waals surface area contributed by atoms with Gasteiger partial charge in [-0.3, -0.25) is 9.36 Å². The number of aromatic nitrogens is 1. The van der Waals surface area contributed by atoms with E-state index in [1.807, 2.05) is 25.1 Å². The summed E-state index contributed by atoms with van der Waals surface area (Å²) in [4.78, 5) is 12.9. The molecule has 0 bridgehead atoms. The summed E-state index contributed by atoms with van der Waals surface area (Å²) in [6.07, 6.45) is 1.76. The second-order valence-electron chi connectivity index (χ2n) is 6.37. The number of halogens is 3. The van der Waals surface area contributed by atoms with Gasteiger partial charge in [0.25, 0.3) is 5.56 Å². The molecule has 0 unspecified atom stereocenters. The molecule has 1 aromatic heterocycles. The summed E-state index contributed by atoms with van der Waals surface area (Å²) in [5, 5.41) is 0. The normalized spacial score (nSPS) is 10.8. The predicted octanol–water partition coefficient (Wildman–Crippen LogP) is 5.72. The number of aryl methyl sites for hydroxylation is 2. The standard InChI is InChI=1S/C22H18BrF2NO2/c1-4-15-6-8-18(9-13(15)2)26-14(3)10-20(21(23)22(26)27)28-12-16-5-7-17(24)11-19(16)25/h4-11H,1,12H2,2-3H3. The van der Waals surface area contributed by atoms with Crippen molar-refractivity contribution in [2.24, 2.45) is 0 Å². The van der Waals surface area contributed by atoms with E-state index in [2.05, 4.69) is 22.5 Å². The molecule has 0 saturated heterocycles. The van der Waals surface area contributed by atoms with E-state index in [0.717, 1.165) is 28.9 Å². The van der Waals surface area contributed by atoms with Gasteiger partial charge in [0.2, 0.25) is 0 Å². The smallest absolute Gasteiger partial charge is 0.273 e. The lowest BCUT2D eigenvalue weighted by Crippen LogP contribution is -2.22. The van der Waals surface area contributed by atoms with Crippen molar-refractivity contribution in [1.29, 1.82) is 0 Å². The second kappa shape index (κ2) is 8.10. The number of nitrogens with zero attached hydrogens (tertiary/aromatic N) is 1. The summed E-state index contributed by atoms with van der Waals surface area (Å²) >= 11 is 3.28. The van der Waals surface area contributed by atoms with Crippen LogP contribution in [0.15, 0.2) is 58.3 Å². The summed E-state index contributed by atoms with van der Waals surface area (Å²) in [5.41, 5.74) is 3.29. The molecular weight excluding hydrogens is 428 g/mol. The van der Waals surface area contributed by atoms with Crippen molar-refractivity contribution in [3.05, 3.63) is 97.9 Å². The van der Waals surface area contributed by atoms with E-state index in [9.17, 15) is 13.6 Å². The Kier molecular flexibility index (Phi) is 5.79. The van der Waals surface area contributed by atoms with Gasteiger partial charge in [-0.15, -0.1) is 0 Å². The summed E-state index contributed by atoms with van der Waals surface area (Å²) in [6, 6.07) is 10.6. The van der Waals surface area contributed by atoms with Gasteiger partial charge in [-0.1, -0.05) is 18.7 Å². The number of hydrogen-bond acceptors (Lipinski definition) is 2. The van der Waals surface area contributed by atoms with Gasteiger partial charge in [0.05, 0.1) is 0 Å². The highest BCUT2D eigenvalue weighted by atomic mass is 79.9. The minimum absolute atomic E-state index is 0.124. The van der Waals surface area contributed by atoms with E-state index in [0.29, 0.717) is 11.4 Å². The van der Waals surface area contributed by atoms with Gasteiger partial charge in [-0.05, 0) is 65.2 Å². The van der Waals surface area contributed by atoms with Crippen LogP contribution in [0.3, 0.4) is 0 Å². The number of ether oxygens (including phenoxy) is 1. The maximum atomic E-state index is 13.8. The molecule has 0 atom stereocenters. The molecule has 0 aliphatic heterocycles. The van der Waals surface area contributed by atoms with Crippen molar-refractivity contribution in [3.63, 3.8) is 0 Å². The molecule has 6 heteroatoms. The van der Waals surface area contributed by atoms with Crippen LogP contribution in [0, 0.1) is 25.5 Å². The van der Waals surface area contributed by atoms with Gasteiger partial charge in [-0.25, -0.2) is 8.78 Å². The van der Waals surface area contributed by atoms with Crippen molar-refractivity contribution in [2.75, 3.05) is 0 Å². The van der Waals surface area contributed by atoms with Crippen molar-refractivity contribution in [1.82, 2.24) is 4.57 Å². The summed E-state index contributed by atoms with van der Waals surface area (Å²) in [6.45, 7) is 7.38. The van der Waals surface area contributed by atoms with Crippen molar-refractivity contribution >= 4 is 22.0 Å². The molecule has 0 radical (unpaired) electrons. The minimum atomic E-state index is -0.695. The number of hydrogen-bond donors (Lipinski definition) is 0. The zero-order valence-corrected chi connectivity index (χ0v) is 17.0. The van der Waals surface area contributed by atoms with Gasteiger partial charge >= 0.3 is 0 Å². The van der Waals surface area contributed by atoms with Crippen LogP contribution in [-0.4, -0.2) is 4.57 Å². The third-order valence-corrected chi connectivity index (χ3v) is 5.16. The van der Waals surface area contributed by atoms with E-state index >= 15 is 0 Å². The van der Waals surface area contributed by atoms with Crippen LogP contribution in [0.25, 0.3) is 11.8 Å². The third kappa shape index (κ3) is 3.92. The minimum Gasteiger partial charge on any atom is -0.487 e. The van der Waals surface area contributed by atoms with Gasteiger partial charge in [0, 0.05) is 29.1 Å². The fraction of sp³-hybridized carbons (Fsp3) is 0.136. The SMILES string of the molecule is C=Cc1ccc(-n2c(C)cc(OCc3ccc(F)cc3F)c(Br)c2=O)cc1C. The fourth-order valence-corrected chi connectivity index (χ4v) is 3.34. The van der Waals surface area contributed by atoms with Crippen LogP contribution < -0.4 is 10.3 Å². The first-order valence-electron chi connectivity index (χ1n) is 8.54. The topological polar surface area (TPSA) is 31.2 Å². The Morgan fingerprint density at radius 1 is 1.14 bits per heavy atom. The quantitative estimate of drug-likeness (QED) is 0.502. The van der Waals surface area contributed by atoms with Gasteiger partial charge < -0.3 is 4.74 Å². The molecular formula is C22H18BrF2NO2. The Hall–Kier alpha value is -2.73. The van der Waals surface area contributed by atoms with Crippen LogP contribution in [-0.2, 0) is 6.61 Å². The average Bonchev–Trinajstić information content (AvgIpc) is 2.65. The van der Waals surface area contributed by atoms with Crippen molar-refractivity contribution in [2.45, 2.75) is 20.5 Å². The zero-order chi connectivity index (χ0) is 20.4. The van der Waals surface area contributed by atoms with Crippen molar-refractivity contribution < 1.29 is 13.5 Å². The van der Waals surface area contributed by atoms with Gasteiger partial charge in [0.1, 0.15) is 28.5 Å². The highest BCUT2D eigenvalue weighted by Gasteiger charge is 2.15. The van der Waals surface area contributed by atoms with E-state index < -0.39 is 11.6 Å². The maximum Gasteiger partial charge on any atom is 0.273 e. The average molecular weight is 446 g/mol. The Morgan fingerprint density at radius 2 is 1.89 bits per heavy atom. The lowest BCUT2D eigenvalue weighted by atomic mass is 10.1. The van der Waals surface area contributed by atoms with E-state index in [-0.39, 0.29) is 22.2 Å². The molecule has 0 spiro atoms. The number of benzene rings is 2. The largest absolute Gasteiger partial charge is 0.487 e. The van der Waals surface area contributed by atoms with Crippen LogP contribution in [0.2, 0.25) is 0 Å². The molecule has 1 heterocycles. The summed E-state index contributed by atoms with van der Waals surface area (Å²) in [5.74, 6) is -1.06. The molecule has 144 valence electrons. The first-order chi connectivity index (χ1) is 13.3. The molecule has 2 aromatic carbocycles. The Morgan fingerprint density at radius 3 is 2.54 bits per heavy atom. The molecule has 3 nitrogen and oxygen atoms in total. The lowest BCUT2D eigenvalue weighted by molar-refractivity contribution is 0.296. The van der Waals surface area contributed by atoms with Crippen LogP contribution in [0.4, 0.5) is 8.78 Å². The number of pyridine rings is 1. The molecule has 28 heavy (non-hydrogen) atoms. The predicted molar refractivity (Wildman–Crippen MR) is 110 cm³/mol. The van der Waals surface area contributed by atoms with Crippen LogP contribution >= 0.6 is 15.9 Å². The fourth-order valence-electron chi connectivity index (χ4n) is 2.93. The highest BCUT2D eigenvalue weighted by molar-refractivity contribution is 9.10. The second-order valence-corrected chi connectivity index (χ2v) is 7.17. The lowest BCUT2D eigenvalue weighted by Gasteiger charge is -2.16. The van der Waals surface area contributed by atoms with E-state index in [1.165, 1.54) is 6.07 Å². The molecule has 0 amide bonds. The van der Waals surface area contributed by atoms with Gasteiger partial charge in [-0.2, -0.15) is 0 Å². The summed E-state index contributed by atoms with van der Waals surface area (Å²) < 4.78 is 34.2. The van der Waals surface area contributed by atoms with E-state index in [1.54, 1.807) is 23.6 Å². The first kappa shape index (κ1) is 20.0. The number of rotatable bonds is 5. The monoisotopic (exact) mass is 445 g/mol. The summed E-state index contributed by atoms with van der Waals surface area (Å²) in [7, 11) is 0. The first-order valence-corrected chi connectivity index (χ1v) is 9.33.